The van der Waals surface area contributed by atoms with E-state index >= 15 is 0 Å². The molecule has 28 heavy (non-hydrogen) atoms. The lowest BCUT2D eigenvalue weighted by Crippen LogP contribution is -2.40. The van der Waals surface area contributed by atoms with Gasteiger partial charge in [0, 0.05) is 11.6 Å². The van der Waals surface area contributed by atoms with Crippen LogP contribution in [0.5, 0.6) is 11.5 Å². The first-order valence-electron chi connectivity index (χ1n) is 9.21. The van der Waals surface area contributed by atoms with Crippen LogP contribution in [-0.2, 0) is 14.3 Å². The van der Waals surface area contributed by atoms with Crippen LogP contribution in [0.25, 0.3) is 0 Å². The molecule has 144 valence electrons. The van der Waals surface area contributed by atoms with Crippen molar-refractivity contribution in [3.8, 4) is 11.5 Å². The number of amides is 1. The van der Waals surface area contributed by atoms with E-state index in [0.29, 0.717) is 22.2 Å². The van der Waals surface area contributed by atoms with Gasteiger partial charge in [0.2, 0.25) is 5.91 Å². The van der Waals surface area contributed by atoms with Crippen molar-refractivity contribution in [2.45, 2.75) is 17.4 Å². The van der Waals surface area contributed by atoms with Crippen LogP contribution in [0, 0.1) is 23.7 Å². The van der Waals surface area contributed by atoms with E-state index in [4.69, 9.17) is 21.1 Å². The monoisotopic (exact) mass is 461 g/mol. The summed E-state index contributed by atoms with van der Waals surface area (Å²) >= 11 is 9.74. The van der Waals surface area contributed by atoms with Gasteiger partial charge in [0.1, 0.15) is 17.6 Å². The molecule has 0 spiro atoms. The van der Waals surface area contributed by atoms with E-state index in [1.165, 1.54) is 0 Å². The number of hydrogen-bond acceptors (Lipinski definition) is 4. The third-order valence-corrected chi connectivity index (χ3v) is 7.52. The summed E-state index contributed by atoms with van der Waals surface area (Å²) in [5, 5.41) is 3.48. The van der Waals surface area contributed by atoms with Crippen LogP contribution < -0.4 is 10.1 Å². The van der Waals surface area contributed by atoms with Gasteiger partial charge >= 0.3 is 5.97 Å². The van der Waals surface area contributed by atoms with E-state index in [0.717, 1.165) is 6.42 Å². The van der Waals surface area contributed by atoms with E-state index in [1.807, 2.05) is 12.1 Å². The molecule has 2 saturated carbocycles. The third kappa shape index (κ3) is 2.81. The molecular weight excluding hydrogens is 446 g/mol. The molecule has 2 aromatic carbocycles. The molecule has 1 N–H and O–H groups in total. The summed E-state index contributed by atoms with van der Waals surface area (Å²) in [4.78, 5) is 25.2. The number of hydrogen-bond donors (Lipinski definition) is 1. The Morgan fingerprint density at radius 3 is 2.64 bits per heavy atom. The normalized spacial score (nSPS) is 32.3. The first-order valence-corrected chi connectivity index (χ1v) is 10.5. The van der Waals surface area contributed by atoms with Gasteiger partial charge in [-0.2, -0.15) is 0 Å². The van der Waals surface area contributed by atoms with E-state index in [-0.39, 0.29) is 46.5 Å². The molecule has 2 bridgehead atoms. The number of benzene rings is 2. The molecule has 0 radical (unpaired) electrons. The van der Waals surface area contributed by atoms with E-state index in [1.54, 1.807) is 36.4 Å². The standard InChI is InChI=1S/C21H17BrClNO4/c22-18-12-9-13-17(21(26)28-19(13)18)16(12)20(25)24-10-5-7-11(8-6-10)27-15-4-2-1-3-14(15)23/h1-8,12-13,16-19H,9H2,(H,24,25)/t12-,13-,16-,17+,18-,19+/m1/s1. The molecule has 3 aliphatic rings. The van der Waals surface area contributed by atoms with Gasteiger partial charge in [-0.05, 0) is 48.7 Å². The molecule has 5 rings (SSSR count). The Hall–Kier alpha value is -2.05. The Labute approximate surface area is 175 Å². The molecule has 5 nitrogen and oxygen atoms in total. The number of carbonyl (C=O) groups is 2. The summed E-state index contributed by atoms with van der Waals surface area (Å²) in [5.74, 6) is 0.459. The second-order valence-electron chi connectivity index (χ2n) is 7.51. The molecular formula is C21H17BrClNO4. The molecule has 1 saturated heterocycles. The zero-order valence-corrected chi connectivity index (χ0v) is 17.0. The van der Waals surface area contributed by atoms with Gasteiger partial charge in [-0.15, -0.1) is 0 Å². The number of halogens is 2. The van der Waals surface area contributed by atoms with Crippen LogP contribution >= 0.6 is 27.5 Å². The fourth-order valence-corrected chi connectivity index (χ4v) is 6.04. The Balaban J connectivity index is 1.28. The van der Waals surface area contributed by atoms with Crippen LogP contribution in [0.15, 0.2) is 48.5 Å². The maximum Gasteiger partial charge on any atom is 0.310 e. The predicted molar refractivity (Wildman–Crippen MR) is 108 cm³/mol. The summed E-state index contributed by atoms with van der Waals surface area (Å²) in [7, 11) is 0. The first kappa shape index (κ1) is 18.0. The average Bonchev–Trinajstić information content (AvgIpc) is 3.29. The van der Waals surface area contributed by atoms with Crippen molar-refractivity contribution in [1.29, 1.82) is 0 Å². The van der Waals surface area contributed by atoms with Crippen LogP contribution in [0.2, 0.25) is 5.02 Å². The quantitative estimate of drug-likeness (QED) is 0.531. The summed E-state index contributed by atoms with van der Waals surface area (Å²) < 4.78 is 11.2. The second kappa shape index (κ2) is 6.78. The number of para-hydroxylation sites is 1. The molecule has 7 heteroatoms. The van der Waals surface area contributed by atoms with Crippen molar-refractivity contribution in [1.82, 2.24) is 0 Å². The number of rotatable bonds is 4. The highest BCUT2D eigenvalue weighted by Crippen LogP contribution is 2.60. The van der Waals surface area contributed by atoms with Gasteiger partial charge < -0.3 is 14.8 Å². The van der Waals surface area contributed by atoms with Crippen molar-refractivity contribution in [2.24, 2.45) is 23.7 Å². The molecule has 1 heterocycles. The van der Waals surface area contributed by atoms with E-state index in [9.17, 15) is 9.59 Å². The number of anilines is 1. The highest BCUT2D eigenvalue weighted by Gasteiger charge is 2.67. The Kier molecular flexibility index (Phi) is 4.36. The zero-order chi connectivity index (χ0) is 19.4. The lowest BCUT2D eigenvalue weighted by Gasteiger charge is -2.27. The second-order valence-corrected chi connectivity index (χ2v) is 8.97. The van der Waals surface area contributed by atoms with Crippen molar-refractivity contribution >= 4 is 45.1 Å². The molecule has 2 aliphatic carbocycles. The Morgan fingerprint density at radius 2 is 1.89 bits per heavy atom. The summed E-state index contributed by atoms with van der Waals surface area (Å²) in [5.41, 5.74) is 0.660. The van der Waals surface area contributed by atoms with Crippen LogP contribution in [0.4, 0.5) is 5.69 Å². The molecule has 3 fully saturated rings. The largest absolute Gasteiger partial charge is 0.461 e. The Morgan fingerprint density at radius 1 is 1.14 bits per heavy atom. The number of nitrogens with one attached hydrogen (secondary N) is 1. The summed E-state index contributed by atoms with van der Waals surface area (Å²) in [6, 6.07) is 14.3. The van der Waals surface area contributed by atoms with E-state index < -0.39 is 0 Å². The van der Waals surface area contributed by atoms with Gasteiger partial charge in [-0.1, -0.05) is 39.7 Å². The van der Waals surface area contributed by atoms with E-state index in [2.05, 4.69) is 21.2 Å². The topological polar surface area (TPSA) is 64.6 Å². The summed E-state index contributed by atoms with van der Waals surface area (Å²) in [6.07, 6.45) is 0.785. The van der Waals surface area contributed by atoms with Gasteiger partial charge in [0.05, 0.1) is 21.7 Å². The van der Waals surface area contributed by atoms with Crippen LogP contribution in [0.3, 0.4) is 0 Å². The van der Waals surface area contributed by atoms with Crippen molar-refractivity contribution in [2.75, 3.05) is 5.32 Å². The minimum absolute atomic E-state index is 0.0577. The lowest BCUT2D eigenvalue weighted by molar-refractivity contribution is -0.145. The SMILES string of the molecule is O=C(Nc1ccc(Oc2ccccc2Cl)cc1)[C@@H]1[C@H]2C[C@H]3[C@H](OC(=O)[C@@H]31)[C@@H]2Br. The maximum absolute atomic E-state index is 12.9. The zero-order valence-electron chi connectivity index (χ0n) is 14.7. The third-order valence-electron chi connectivity index (χ3n) is 6.01. The highest BCUT2D eigenvalue weighted by molar-refractivity contribution is 9.09. The maximum atomic E-state index is 12.9. The minimum atomic E-state index is -0.348. The number of esters is 1. The molecule has 6 atom stereocenters. The number of fused-ring (bicyclic) bond motifs is 1. The van der Waals surface area contributed by atoms with Crippen molar-refractivity contribution < 1.29 is 19.1 Å². The minimum Gasteiger partial charge on any atom is -0.461 e. The molecule has 1 amide bonds. The fourth-order valence-electron chi connectivity index (χ4n) is 4.82. The smallest absolute Gasteiger partial charge is 0.310 e. The number of carbonyl (C=O) groups excluding carboxylic acids is 2. The highest BCUT2D eigenvalue weighted by atomic mass is 79.9. The molecule has 2 aromatic rings. The van der Waals surface area contributed by atoms with Crippen LogP contribution in [0.1, 0.15) is 6.42 Å². The van der Waals surface area contributed by atoms with Gasteiger partial charge in [0.25, 0.3) is 0 Å². The van der Waals surface area contributed by atoms with Gasteiger partial charge in [-0.25, -0.2) is 0 Å². The molecule has 0 aromatic heterocycles. The van der Waals surface area contributed by atoms with Gasteiger partial charge in [-0.3, -0.25) is 9.59 Å². The van der Waals surface area contributed by atoms with Gasteiger partial charge in [0.15, 0.2) is 0 Å². The molecule has 1 aliphatic heterocycles. The summed E-state index contributed by atoms with van der Waals surface area (Å²) in [6.45, 7) is 0. The lowest BCUT2D eigenvalue weighted by atomic mass is 9.79. The average molecular weight is 463 g/mol. The predicted octanol–water partition coefficient (Wildman–Crippen LogP) is 4.64. The van der Waals surface area contributed by atoms with Crippen molar-refractivity contribution in [3.63, 3.8) is 0 Å². The fraction of sp³-hybridized carbons (Fsp3) is 0.333. The Bertz CT molecular complexity index is 950. The number of alkyl halides is 1. The molecule has 0 unspecified atom stereocenters. The first-order chi connectivity index (χ1) is 13.5. The van der Waals surface area contributed by atoms with Crippen LogP contribution in [-0.4, -0.2) is 22.8 Å². The number of ether oxygens (including phenoxy) is 2. The van der Waals surface area contributed by atoms with Crippen molar-refractivity contribution in [3.05, 3.63) is 53.6 Å².